The zero-order chi connectivity index (χ0) is 10.8. The van der Waals surface area contributed by atoms with Gasteiger partial charge in [-0.25, -0.2) is 0 Å². The van der Waals surface area contributed by atoms with Crippen molar-refractivity contribution in [3.05, 3.63) is 23.7 Å². The first kappa shape index (κ1) is 10.2. The third-order valence-corrected chi connectivity index (χ3v) is 2.70. The monoisotopic (exact) mass is 208 g/mol. The van der Waals surface area contributed by atoms with Gasteiger partial charge >= 0.3 is 0 Å². The minimum atomic E-state index is -0.0433. The molecule has 4 nitrogen and oxygen atoms in total. The van der Waals surface area contributed by atoms with Crippen molar-refractivity contribution in [1.82, 2.24) is 4.90 Å². The minimum absolute atomic E-state index is 0.0433. The van der Waals surface area contributed by atoms with Crippen LogP contribution in [0, 0.1) is 6.92 Å². The second-order valence-corrected chi connectivity index (χ2v) is 4.06. The number of piperidine rings is 1. The second kappa shape index (κ2) is 4.06. The summed E-state index contributed by atoms with van der Waals surface area (Å²) in [5.74, 6) is 1.14. The molecule has 2 N–H and O–H groups in total. The number of amides is 1. The Labute approximate surface area is 89.0 Å². The predicted molar refractivity (Wildman–Crippen MR) is 56.6 cm³/mol. The zero-order valence-corrected chi connectivity index (χ0v) is 8.90. The number of hydrogen-bond donors (Lipinski definition) is 1. The largest absolute Gasteiger partial charge is 0.456 e. The van der Waals surface area contributed by atoms with Crippen LogP contribution < -0.4 is 5.73 Å². The van der Waals surface area contributed by atoms with Crippen molar-refractivity contribution in [3.8, 4) is 0 Å². The van der Waals surface area contributed by atoms with E-state index in [0.717, 1.165) is 25.1 Å². The molecule has 4 heteroatoms. The fraction of sp³-hybridized carbons (Fsp3) is 0.545. The summed E-state index contributed by atoms with van der Waals surface area (Å²) in [6, 6.07) is 3.63. The van der Waals surface area contributed by atoms with Crippen molar-refractivity contribution in [1.29, 1.82) is 0 Å². The van der Waals surface area contributed by atoms with E-state index in [0.29, 0.717) is 12.3 Å². The average Bonchev–Trinajstić information content (AvgIpc) is 2.64. The lowest BCUT2D eigenvalue weighted by Gasteiger charge is -2.30. The summed E-state index contributed by atoms with van der Waals surface area (Å²) in [4.78, 5) is 13.7. The van der Waals surface area contributed by atoms with E-state index in [1.165, 1.54) is 0 Å². The van der Waals surface area contributed by atoms with Crippen LogP contribution in [-0.2, 0) is 0 Å². The highest BCUT2D eigenvalue weighted by Crippen LogP contribution is 2.14. The van der Waals surface area contributed by atoms with Gasteiger partial charge in [-0.2, -0.15) is 0 Å². The van der Waals surface area contributed by atoms with Gasteiger partial charge in [0.05, 0.1) is 0 Å². The normalized spacial score (nSPS) is 21.7. The van der Waals surface area contributed by atoms with Crippen LogP contribution in [0.5, 0.6) is 0 Å². The minimum Gasteiger partial charge on any atom is -0.456 e. The van der Waals surface area contributed by atoms with Gasteiger partial charge in [0.1, 0.15) is 5.76 Å². The van der Waals surface area contributed by atoms with E-state index in [-0.39, 0.29) is 11.9 Å². The number of furan rings is 1. The van der Waals surface area contributed by atoms with Crippen LogP contribution >= 0.6 is 0 Å². The summed E-state index contributed by atoms with van der Waals surface area (Å²) < 4.78 is 5.30. The smallest absolute Gasteiger partial charge is 0.289 e. The number of hydrogen-bond acceptors (Lipinski definition) is 3. The highest BCUT2D eigenvalue weighted by molar-refractivity contribution is 5.91. The Morgan fingerprint density at radius 3 is 3.00 bits per heavy atom. The molecular weight excluding hydrogens is 192 g/mol. The van der Waals surface area contributed by atoms with Crippen LogP contribution in [0.1, 0.15) is 29.2 Å². The Kier molecular flexibility index (Phi) is 2.77. The van der Waals surface area contributed by atoms with Crippen molar-refractivity contribution < 1.29 is 9.21 Å². The quantitative estimate of drug-likeness (QED) is 0.753. The van der Waals surface area contributed by atoms with Gasteiger partial charge < -0.3 is 15.1 Å². The molecule has 0 radical (unpaired) electrons. The number of likely N-dealkylation sites (tertiary alicyclic amines) is 1. The standard InChI is InChI=1S/C11H16N2O2/c1-8-4-5-10(15-8)11(14)13-6-2-3-9(12)7-13/h4-5,9H,2-3,6-7,12H2,1H3/t9-/m1/s1. The maximum absolute atomic E-state index is 11.9. The Balaban J connectivity index is 2.07. The van der Waals surface area contributed by atoms with Gasteiger partial charge in [0.25, 0.3) is 5.91 Å². The van der Waals surface area contributed by atoms with Crippen molar-refractivity contribution >= 4 is 5.91 Å². The van der Waals surface area contributed by atoms with Gasteiger partial charge in [-0.3, -0.25) is 4.79 Å². The van der Waals surface area contributed by atoms with Crippen molar-refractivity contribution in [3.63, 3.8) is 0 Å². The number of nitrogens with two attached hydrogens (primary N) is 1. The lowest BCUT2D eigenvalue weighted by molar-refractivity contribution is 0.0675. The van der Waals surface area contributed by atoms with E-state index in [1.54, 1.807) is 17.0 Å². The SMILES string of the molecule is Cc1ccc(C(=O)N2CCC[C@@H](N)C2)o1. The molecule has 0 aromatic carbocycles. The van der Waals surface area contributed by atoms with Crippen molar-refractivity contribution in [2.45, 2.75) is 25.8 Å². The molecule has 1 atom stereocenters. The molecule has 2 heterocycles. The molecule has 0 aliphatic carbocycles. The summed E-state index contributed by atoms with van der Waals surface area (Å²) >= 11 is 0. The van der Waals surface area contributed by atoms with Crippen LogP contribution in [0.4, 0.5) is 0 Å². The van der Waals surface area contributed by atoms with Crippen LogP contribution in [-0.4, -0.2) is 29.9 Å². The van der Waals surface area contributed by atoms with Crippen LogP contribution in [0.3, 0.4) is 0 Å². The Bertz CT molecular complexity index is 359. The van der Waals surface area contributed by atoms with E-state index >= 15 is 0 Å². The average molecular weight is 208 g/mol. The summed E-state index contributed by atoms with van der Waals surface area (Å²) in [5, 5.41) is 0. The highest BCUT2D eigenvalue weighted by atomic mass is 16.3. The number of nitrogens with zero attached hydrogens (tertiary/aromatic N) is 1. The Morgan fingerprint density at radius 1 is 1.60 bits per heavy atom. The van der Waals surface area contributed by atoms with Gasteiger partial charge in [0.15, 0.2) is 5.76 Å². The van der Waals surface area contributed by atoms with E-state index in [9.17, 15) is 4.79 Å². The number of rotatable bonds is 1. The summed E-state index contributed by atoms with van der Waals surface area (Å²) in [6.45, 7) is 3.25. The third kappa shape index (κ3) is 2.21. The third-order valence-electron chi connectivity index (χ3n) is 2.70. The topological polar surface area (TPSA) is 59.5 Å². The van der Waals surface area contributed by atoms with Gasteiger partial charge in [0.2, 0.25) is 0 Å². The molecule has 0 saturated carbocycles. The lowest BCUT2D eigenvalue weighted by atomic mass is 10.1. The lowest BCUT2D eigenvalue weighted by Crippen LogP contribution is -2.45. The molecule has 82 valence electrons. The van der Waals surface area contributed by atoms with Crippen molar-refractivity contribution in [2.24, 2.45) is 5.73 Å². The molecule has 1 amide bonds. The van der Waals surface area contributed by atoms with Gasteiger partial charge in [0, 0.05) is 19.1 Å². The first-order chi connectivity index (χ1) is 7.16. The number of carbonyl (C=O) groups excluding carboxylic acids is 1. The first-order valence-corrected chi connectivity index (χ1v) is 5.28. The molecule has 1 aromatic heterocycles. The maximum atomic E-state index is 11.9. The van der Waals surface area contributed by atoms with E-state index in [2.05, 4.69) is 0 Å². The van der Waals surface area contributed by atoms with E-state index in [1.807, 2.05) is 6.92 Å². The number of aryl methyl sites for hydroxylation is 1. The van der Waals surface area contributed by atoms with Crippen LogP contribution in [0.15, 0.2) is 16.5 Å². The van der Waals surface area contributed by atoms with Gasteiger partial charge in [-0.15, -0.1) is 0 Å². The Hall–Kier alpha value is -1.29. The second-order valence-electron chi connectivity index (χ2n) is 4.06. The molecule has 1 aromatic rings. The fourth-order valence-corrected chi connectivity index (χ4v) is 1.90. The predicted octanol–water partition coefficient (Wildman–Crippen LogP) is 1.15. The highest BCUT2D eigenvalue weighted by Gasteiger charge is 2.23. The van der Waals surface area contributed by atoms with Crippen LogP contribution in [0.2, 0.25) is 0 Å². The molecule has 0 spiro atoms. The molecule has 1 aliphatic heterocycles. The summed E-state index contributed by atoms with van der Waals surface area (Å²) in [7, 11) is 0. The Morgan fingerprint density at radius 2 is 2.40 bits per heavy atom. The van der Waals surface area contributed by atoms with E-state index < -0.39 is 0 Å². The van der Waals surface area contributed by atoms with Crippen LogP contribution in [0.25, 0.3) is 0 Å². The van der Waals surface area contributed by atoms with Gasteiger partial charge in [-0.05, 0) is 31.9 Å². The molecule has 0 unspecified atom stereocenters. The first-order valence-electron chi connectivity index (χ1n) is 5.28. The molecule has 1 aliphatic rings. The molecule has 15 heavy (non-hydrogen) atoms. The molecule has 1 fully saturated rings. The van der Waals surface area contributed by atoms with Gasteiger partial charge in [-0.1, -0.05) is 0 Å². The fourth-order valence-electron chi connectivity index (χ4n) is 1.90. The number of carbonyl (C=O) groups is 1. The molecule has 2 rings (SSSR count). The maximum Gasteiger partial charge on any atom is 0.289 e. The van der Waals surface area contributed by atoms with E-state index in [4.69, 9.17) is 10.2 Å². The molecule has 0 bridgehead atoms. The molecular formula is C11H16N2O2. The summed E-state index contributed by atoms with van der Waals surface area (Å²) in [6.07, 6.45) is 1.98. The molecule has 1 saturated heterocycles. The van der Waals surface area contributed by atoms with Crippen molar-refractivity contribution in [2.75, 3.05) is 13.1 Å². The zero-order valence-electron chi connectivity index (χ0n) is 8.90. The summed E-state index contributed by atoms with van der Waals surface area (Å²) in [5.41, 5.74) is 5.82.